The zero-order valence-electron chi connectivity index (χ0n) is 15.9. The first-order chi connectivity index (χ1) is 14.2. The van der Waals surface area contributed by atoms with Crippen molar-refractivity contribution in [2.24, 2.45) is 5.92 Å². The highest BCUT2D eigenvalue weighted by Crippen LogP contribution is 2.34. The third-order valence-corrected chi connectivity index (χ3v) is 5.62. The Morgan fingerprint density at radius 3 is 2.79 bits per heavy atom. The van der Waals surface area contributed by atoms with Crippen LogP contribution >= 0.6 is 0 Å². The van der Waals surface area contributed by atoms with Crippen molar-refractivity contribution in [1.29, 1.82) is 0 Å². The molecule has 0 amide bonds. The van der Waals surface area contributed by atoms with E-state index in [9.17, 15) is 9.50 Å². The molecule has 1 N–H and O–H groups in total. The number of aromatic nitrogens is 5. The number of rotatable bonds is 5. The normalized spacial score (nSPS) is 22.0. The molecule has 29 heavy (non-hydrogen) atoms. The summed E-state index contributed by atoms with van der Waals surface area (Å²) in [5.41, 5.74) is 2.71. The van der Waals surface area contributed by atoms with Crippen LogP contribution in [0.5, 0.6) is 0 Å². The van der Waals surface area contributed by atoms with Gasteiger partial charge in [0.05, 0.1) is 19.3 Å². The fraction of sp³-hybridized carbons (Fsp3) is 0.429. The second-order valence-electron chi connectivity index (χ2n) is 7.85. The number of benzene rings is 1. The maximum atomic E-state index is 14.8. The van der Waals surface area contributed by atoms with E-state index in [1.807, 2.05) is 12.1 Å². The highest BCUT2D eigenvalue weighted by atomic mass is 19.1. The molecule has 3 heterocycles. The van der Waals surface area contributed by atoms with Gasteiger partial charge in [-0.15, -0.1) is 10.2 Å². The molecule has 1 aromatic carbocycles. The Hall–Kier alpha value is -2.71. The van der Waals surface area contributed by atoms with Gasteiger partial charge in [0.25, 0.3) is 0 Å². The smallest absolute Gasteiger partial charge is 0.223 e. The first-order valence-corrected chi connectivity index (χ1v) is 9.95. The first kappa shape index (κ1) is 18.3. The Balaban J connectivity index is 1.35. The first-order valence-electron chi connectivity index (χ1n) is 9.95. The highest BCUT2D eigenvalue weighted by Gasteiger charge is 2.27. The molecule has 5 rings (SSSR count). The van der Waals surface area contributed by atoms with Crippen LogP contribution in [0.2, 0.25) is 0 Å². The van der Waals surface area contributed by atoms with Crippen LogP contribution in [0.25, 0.3) is 22.6 Å². The molecule has 150 valence electrons. The Morgan fingerprint density at radius 2 is 2.07 bits per heavy atom. The van der Waals surface area contributed by atoms with Crippen LogP contribution in [-0.2, 0) is 4.74 Å². The second-order valence-corrected chi connectivity index (χ2v) is 7.85. The zero-order chi connectivity index (χ0) is 19.8. The molecule has 2 aliphatic rings. The number of nitrogens with zero attached hydrogens (tertiary/aromatic N) is 5. The summed E-state index contributed by atoms with van der Waals surface area (Å²) in [6.07, 6.45) is 4.62. The van der Waals surface area contributed by atoms with E-state index >= 15 is 0 Å². The summed E-state index contributed by atoms with van der Waals surface area (Å²) in [4.78, 5) is 6.04. The van der Waals surface area contributed by atoms with E-state index in [0.29, 0.717) is 41.9 Å². The van der Waals surface area contributed by atoms with Gasteiger partial charge in [-0.1, -0.05) is 18.2 Å². The standard InChI is InChI=1S/C21H22FN5O2/c22-19-8-14(16-7-13(10-28)11-29-12-16)1-5-18(19)15-2-6-20(23-9-15)21-24-26-27(25-21)17-3-4-17/h1-2,5-6,8-9,13,16-17,28H,3-4,7,10-12H2/t13?,16-/m1/s1. The molecule has 2 fully saturated rings. The summed E-state index contributed by atoms with van der Waals surface area (Å²) in [6, 6.07) is 9.26. The largest absolute Gasteiger partial charge is 0.396 e. The van der Waals surface area contributed by atoms with E-state index < -0.39 is 0 Å². The molecule has 1 unspecified atom stereocenters. The van der Waals surface area contributed by atoms with Gasteiger partial charge < -0.3 is 9.84 Å². The van der Waals surface area contributed by atoms with E-state index in [1.165, 1.54) is 0 Å². The Kier molecular flexibility index (Phi) is 4.81. The molecule has 7 nitrogen and oxygen atoms in total. The maximum absolute atomic E-state index is 14.8. The Morgan fingerprint density at radius 1 is 1.17 bits per heavy atom. The van der Waals surface area contributed by atoms with Crippen LogP contribution in [0.3, 0.4) is 0 Å². The molecule has 0 spiro atoms. The molecule has 1 aliphatic heterocycles. The predicted molar refractivity (Wildman–Crippen MR) is 103 cm³/mol. The van der Waals surface area contributed by atoms with Gasteiger partial charge in [0.15, 0.2) is 0 Å². The molecule has 0 radical (unpaired) electrons. The molecule has 1 aliphatic carbocycles. The van der Waals surface area contributed by atoms with Gasteiger partial charge in [-0.05, 0) is 42.2 Å². The van der Waals surface area contributed by atoms with Crippen molar-refractivity contribution in [2.45, 2.75) is 31.2 Å². The van der Waals surface area contributed by atoms with Crippen molar-refractivity contribution in [3.8, 4) is 22.6 Å². The van der Waals surface area contributed by atoms with E-state index in [2.05, 4.69) is 20.4 Å². The van der Waals surface area contributed by atoms with Crippen LogP contribution < -0.4 is 0 Å². The van der Waals surface area contributed by atoms with E-state index in [0.717, 1.165) is 24.8 Å². The van der Waals surface area contributed by atoms with Crippen LogP contribution in [0.15, 0.2) is 36.5 Å². The predicted octanol–water partition coefficient (Wildman–Crippen LogP) is 2.99. The van der Waals surface area contributed by atoms with E-state index in [4.69, 9.17) is 4.74 Å². The van der Waals surface area contributed by atoms with Crippen molar-refractivity contribution < 1.29 is 14.2 Å². The average molecular weight is 395 g/mol. The molecule has 3 aromatic rings. The van der Waals surface area contributed by atoms with E-state index in [1.54, 1.807) is 29.2 Å². The van der Waals surface area contributed by atoms with Crippen molar-refractivity contribution in [3.05, 3.63) is 47.9 Å². The number of ether oxygens (including phenoxy) is 1. The van der Waals surface area contributed by atoms with Crippen LogP contribution in [-0.4, -0.2) is 50.1 Å². The van der Waals surface area contributed by atoms with Gasteiger partial charge in [0.1, 0.15) is 11.5 Å². The molecule has 1 saturated heterocycles. The number of hydrogen-bond acceptors (Lipinski definition) is 6. The van der Waals surface area contributed by atoms with E-state index in [-0.39, 0.29) is 24.3 Å². The fourth-order valence-corrected chi connectivity index (χ4v) is 3.77. The van der Waals surface area contributed by atoms with Gasteiger partial charge in [0, 0.05) is 35.8 Å². The average Bonchev–Trinajstić information content (AvgIpc) is 3.50. The number of pyridine rings is 1. The molecular formula is C21H22FN5O2. The Labute approximate surface area is 167 Å². The SMILES string of the molecule is OCC1COC[C@H](c2ccc(-c3ccc(-c4nnn(C5CC5)n4)nc3)c(F)c2)C1. The lowest BCUT2D eigenvalue weighted by Crippen LogP contribution is -2.26. The van der Waals surface area contributed by atoms with Crippen LogP contribution in [0.4, 0.5) is 4.39 Å². The third kappa shape index (κ3) is 3.77. The minimum atomic E-state index is -0.291. The highest BCUT2D eigenvalue weighted by molar-refractivity contribution is 5.65. The summed E-state index contributed by atoms with van der Waals surface area (Å²) in [5.74, 6) is 0.404. The van der Waals surface area contributed by atoms with Crippen molar-refractivity contribution in [1.82, 2.24) is 25.2 Å². The lowest BCUT2D eigenvalue weighted by molar-refractivity contribution is 0.0168. The zero-order valence-corrected chi connectivity index (χ0v) is 15.9. The fourth-order valence-electron chi connectivity index (χ4n) is 3.77. The van der Waals surface area contributed by atoms with Gasteiger partial charge in [-0.2, -0.15) is 4.80 Å². The summed E-state index contributed by atoms with van der Waals surface area (Å²) >= 11 is 0. The number of aliphatic hydroxyl groups excluding tert-OH is 1. The summed E-state index contributed by atoms with van der Waals surface area (Å²) in [5, 5.41) is 21.9. The number of halogens is 1. The van der Waals surface area contributed by atoms with Crippen LogP contribution in [0, 0.1) is 11.7 Å². The summed E-state index contributed by atoms with van der Waals surface area (Å²) < 4.78 is 20.4. The number of tetrazole rings is 1. The summed E-state index contributed by atoms with van der Waals surface area (Å²) in [6.45, 7) is 1.22. The lowest BCUT2D eigenvalue weighted by atomic mass is 9.87. The molecule has 2 atom stereocenters. The minimum absolute atomic E-state index is 0.0956. The minimum Gasteiger partial charge on any atom is -0.396 e. The molecule has 0 bridgehead atoms. The topological polar surface area (TPSA) is 86.0 Å². The van der Waals surface area contributed by atoms with Gasteiger partial charge >= 0.3 is 0 Å². The maximum Gasteiger partial charge on any atom is 0.223 e. The van der Waals surface area contributed by atoms with Crippen molar-refractivity contribution in [3.63, 3.8) is 0 Å². The molecular weight excluding hydrogens is 373 g/mol. The third-order valence-electron chi connectivity index (χ3n) is 5.62. The number of aliphatic hydroxyl groups is 1. The van der Waals surface area contributed by atoms with Crippen molar-refractivity contribution in [2.75, 3.05) is 19.8 Å². The lowest BCUT2D eigenvalue weighted by Gasteiger charge is -2.28. The summed E-state index contributed by atoms with van der Waals surface area (Å²) in [7, 11) is 0. The van der Waals surface area contributed by atoms with Crippen molar-refractivity contribution >= 4 is 0 Å². The molecule has 2 aromatic heterocycles. The van der Waals surface area contributed by atoms with Gasteiger partial charge in [-0.25, -0.2) is 4.39 Å². The quantitative estimate of drug-likeness (QED) is 0.715. The van der Waals surface area contributed by atoms with Gasteiger partial charge in [0.2, 0.25) is 5.82 Å². The van der Waals surface area contributed by atoms with Gasteiger partial charge in [-0.3, -0.25) is 4.98 Å². The monoisotopic (exact) mass is 395 g/mol. The molecule has 1 saturated carbocycles. The Bertz CT molecular complexity index is 1000. The van der Waals surface area contributed by atoms with Crippen LogP contribution in [0.1, 0.15) is 36.8 Å². The number of hydrogen-bond donors (Lipinski definition) is 1. The molecule has 8 heteroatoms. The second kappa shape index (κ2) is 7.61.